The first-order valence-corrected chi connectivity index (χ1v) is 13.3. The summed E-state index contributed by atoms with van der Waals surface area (Å²) in [5.74, 6) is 1.25. The summed E-state index contributed by atoms with van der Waals surface area (Å²) in [6.45, 7) is 0. The van der Waals surface area contributed by atoms with Crippen LogP contribution < -0.4 is 25.6 Å². The lowest BCUT2D eigenvalue weighted by Crippen LogP contribution is -2.41. The maximum Gasteiger partial charge on any atom is 0.331 e. The average Bonchev–Trinajstić information content (AvgIpc) is 3.30. The zero-order valence-electron chi connectivity index (χ0n) is 20.4. The van der Waals surface area contributed by atoms with Crippen molar-refractivity contribution in [3.8, 4) is 11.5 Å². The first-order valence-electron chi connectivity index (χ1n) is 12.4. The van der Waals surface area contributed by atoms with Crippen LogP contribution in [0.2, 0.25) is 0 Å². The number of pyridine rings is 1. The summed E-state index contributed by atoms with van der Waals surface area (Å²) >= 11 is 1.31. The number of amides is 3. The van der Waals surface area contributed by atoms with E-state index in [0.29, 0.717) is 38.6 Å². The number of rotatable bonds is 6. The minimum Gasteiger partial charge on any atom is -0.457 e. The van der Waals surface area contributed by atoms with Crippen LogP contribution in [0, 0.1) is 0 Å². The maximum atomic E-state index is 13.3. The number of benzene rings is 2. The summed E-state index contributed by atoms with van der Waals surface area (Å²) in [4.78, 5) is 33.9. The fourth-order valence-corrected chi connectivity index (χ4v) is 6.09. The predicted molar refractivity (Wildman–Crippen MR) is 146 cm³/mol. The Morgan fingerprint density at radius 2 is 1.70 bits per heavy atom. The second kappa shape index (κ2) is 9.84. The second-order valence-corrected chi connectivity index (χ2v) is 10.3. The van der Waals surface area contributed by atoms with E-state index < -0.39 is 0 Å². The molecule has 9 heteroatoms. The van der Waals surface area contributed by atoms with Crippen LogP contribution in [0.5, 0.6) is 11.5 Å². The van der Waals surface area contributed by atoms with Gasteiger partial charge >= 0.3 is 6.03 Å². The molecule has 1 fully saturated rings. The van der Waals surface area contributed by atoms with Crippen molar-refractivity contribution in [3.63, 3.8) is 0 Å². The van der Waals surface area contributed by atoms with Gasteiger partial charge in [-0.2, -0.15) is 0 Å². The number of ether oxygens (including phenoxy) is 1. The topological polar surface area (TPSA) is 95.6 Å². The molecule has 0 saturated heterocycles. The van der Waals surface area contributed by atoms with E-state index in [9.17, 15) is 9.59 Å². The van der Waals surface area contributed by atoms with Gasteiger partial charge in [0.25, 0.3) is 5.91 Å². The molecule has 1 aliphatic heterocycles. The van der Waals surface area contributed by atoms with Crippen LogP contribution in [-0.2, 0) is 0 Å². The van der Waals surface area contributed by atoms with Crippen LogP contribution in [0.3, 0.4) is 0 Å². The van der Waals surface area contributed by atoms with Crippen molar-refractivity contribution in [2.45, 2.75) is 37.8 Å². The molecule has 0 bridgehead atoms. The Bertz CT molecular complexity index is 1450. The smallest absolute Gasteiger partial charge is 0.331 e. The van der Waals surface area contributed by atoms with E-state index in [1.54, 1.807) is 11.1 Å². The predicted octanol–water partition coefficient (Wildman–Crippen LogP) is 6.03. The van der Waals surface area contributed by atoms with Gasteiger partial charge in [-0.3, -0.25) is 9.69 Å². The lowest BCUT2D eigenvalue weighted by Gasteiger charge is -2.29. The highest BCUT2D eigenvalue weighted by Gasteiger charge is 2.33. The van der Waals surface area contributed by atoms with Gasteiger partial charge in [0.05, 0.1) is 22.4 Å². The molecule has 3 heterocycles. The van der Waals surface area contributed by atoms with Gasteiger partial charge in [0, 0.05) is 18.3 Å². The molecule has 0 radical (unpaired) electrons. The van der Waals surface area contributed by atoms with Gasteiger partial charge < -0.3 is 20.7 Å². The molecule has 2 aromatic heterocycles. The molecule has 8 nitrogen and oxygen atoms in total. The Morgan fingerprint density at radius 3 is 2.43 bits per heavy atom. The monoisotopic (exact) mass is 513 g/mol. The van der Waals surface area contributed by atoms with E-state index in [-0.39, 0.29) is 18.0 Å². The molecule has 188 valence electrons. The molecule has 0 spiro atoms. The fraction of sp³-hybridized carbons (Fsp3) is 0.250. The highest BCUT2D eigenvalue weighted by molar-refractivity contribution is 7.21. The zero-order chi connectivity index (χ0) is 25.4. The Hall–Kier alpha value is -3.95. The highest BCUT2D eigenvalue weighted by Crippen LogP contribution is 2.46. The van der Waals surface area contributed by atoms with Crippen LogP contribution in [0.25, 0.3) is 10.2 Å². The minimum absolute atomic E-state index is 0.134. The van der Waals surface area contributed by atoms with Gasteiger partial charge in [0.2, 0.25) is 0 Å². The Kier molecular flexibility index (Phi) is 6.23. The SMILES string of the molecule is CNC1CCC(NC(=O)c2sc3nccc4c3c2NC(=O)N4c2ccc(Oc3ccccc3)cc2)CC1. The number of urea groups is 1. The quantitative estimate of drug-likeness (QED) is 0.292. The van der Waals surface area contributed by atoms with Crippen LogP contribution in [0.4, 0.5) is 21.9 Å². The van der Waals surface area contributed by atoms with E-state index in [4.69, 9.17) is 4.74 Å². The number of carbonyl (C=O) groups excluding carboxylic acids is 2. The summed E-state index contributed by atoms with van der Waals surface area (Å²) in [5, 5.41) is 10.2. The summed E-state index contributed by atoms with van der Waals surface area (Å²) in [6.07, 6.45) is 5.62. The maximum absolute atomic E-state index is 13.3. The van der Waals surface area contributed by atoms with Gasteiger partial charge in [0.15, 0.2) is 0 Å². The molecule has 3 N–H and O–H groups in total. The van der Waals surface area contributed by atoms with Crippen LogP contribution >= 0.6 is 11.3 Å². The summed E-state index contributed by atoms with van der Waals surface area (Å²) in [5.41, 5.74) is 1.93. The van der Waals surface area contributed by atoms with Crippen LogP contribution in [0.1, 0.15) is 35.4 Å². The number of carbonyl (C=O) groups is 2. The molecule has 0 unspecified atom stereocenters. The van der Waals surface area contributed by atoms with Crippen molar-refractivity contribution in [2.24, 2.45) is 0 Å². The number of nitrogens with zero attached hydrogens (tertiary/aromatic N) is 2. The Morgan fingerprint density at radius 1 is 1.00 bits per heavy atom. The standard InChI is InChI=1S/C28H27N5O3S/c1-29-17-7-9-18(10-8-17)31-26(34)25-24-23-22(15-16-30-27(23)37-25)33(28(35)32-24)19-11-13-21(14-12-19)36-20-5-3-2-4-6-20/h2-6,11-18,29H,7-10H2,1H3,(H,31,34)(H,32,35). The molecule has 37 heavy (non-hydrogen) atoms. The third kappa shape index (κ3) is 4.52. The summed E-state index contributed by atoms with van der Waals surface area (Å²) < 4.78 is 5.89. The minimum atomic E-state index is -0.321. The van der Waals surface area contributed by atoms with Crippen molar-refractivity contribution >= 4 is 50.6 Å². The normalized spacial score (nSPS) is 18.9. The molecule has 0 atom stereocenters. The van der Waals surface area contributed by atoms with Crippen molar-refractivity contribution in [2.75, 3.05) is 17.3 Å². The van der Waals surface area contributed by atoms with Gasteiger partial charge in [0.1, 0.15) is 21.2 Å². The highest BCUT2D eigenvalue weighted by atomic mass is 32.1. The van der Waals surface area contributed by atoms with Crippen molar-refractivity contribution in [3.05, 3.63) is 71.7 Å². The molecule has 1 aliphatic carbocycles. The van der Waals surface area contributed by atoms with Crippen molar-refractivity contribution in [1.82, 2.24) is 15.6 Å². The summed E-state index contributed by atoms with van der Waals surface area (Å²) in [6, 6.07) is 19.0. The van der Waals surface area contributed by atoms with E-state index in [0.717, 1.165) is 36.8 Å². The first-order chi connectivity index (χ1) is 18.1. The average molecular weight is 514 g/mol. The third-order valence-corrected chi connectivity index (χ3v) is 8.09. The van der Waals surface area contributed by atoms with Gasteiger partial charge in [-0.1, -0.05) is 18.2 Å². The zero-order valence-corrected chi connectivity index (χ0v) is 21.2. The molecule has 4 aromatic rings. The Labute approximate surface area is 218 Å². The van der Waals surface area contributed by atoms with Crippen molar-refractivity contribution < 1.29 is 14.3 Å². The molecule has 1 saturated carbocycles. The van der Waals surface area contributed by atoms with Gasteiger partial charge in [-0.25, -0.2) is 9.78 Å². The van der Waals surface area contributed by atoms with E-state index >= 15 is 0 Å². The number of para-hydroxylation sites is 1. The number of anilines is 3. The number of hydrogen-bond acceptors (Lipinski definition) is 6. The number of nitrogens with one attached hydrogen (secondary N) is 3. The third-order valence-electron chi connectivity index (χ3n) is 7.00. The molecule has 6 rings (SSSR count). The number of thiophene rings is 1. The molecule has 2 aliphatic rings. The van der Waals surface area contributed by atoms with Crippen molar-refractivity contribution in [1.29, 1.82) is 0 Å². The van der Waals surface area contributed by atoms with E-state index in [1.807, 2.05) is 67.7 Å². The van der Waals surface area contributed by atoms with Crippen LogP contribution in [0.15, 0.2) is 66.9 Å². The van der Waals surface area contributed by atoms with Gasteiger partial charge in [-0.05, 0) is 75.2 Å². The second-order valence-electron chi connectivity index (χ2n) is 9.30. The van der Waals surface area contributed by atoms with E-state index in [2.05, 4.69) is 20.9 Å². The summed E-state index contributed by atoms with van der Waals surface area (Å²) in [7, 11) is 1.98. The lowest BCUT2D eigenvalue weighted by atomic mass is 9.91. The lowest BCUT2D eigenvalue weighted by molar-refractivity contribution is 0.0929. The number of aromatic nitrogens is 1. The number of hydrogen-bond donors (Lipinski definition) is 3. The molecule has 2 aromatic carbocycles. The fourth-order valence-electron chi connectivity index (χ4n) is 5.07. The molecular formula is C28H27N5O3S. The van der Waals surface area contributed by atoms with E-state index in [1.165, 1.54) is 11.3 Å². The van der Waals surface area contributed by atoms with Crippen LogP contribution in [-0.4, -0.2) is 36.1 Å². The molecule has 3 amide bonds. The van der Waals surface area contributed by atoms with Gasteiger partial charge in [-0.15, -0.1) is 11.3 Å². The largest absolute Gasteiger partial charge is 0.457 e. The first kappa shape index (κ1) is 23.4. The molecular weight excluding hydrogens is 486 g/mol. The Balaban J connectivity index is 1.27.